The SMILES string of the molecule is Nc1ccc2c(c1N)C(=O)c1ccccc1C2=O.O=C1c2ccccc2C(=O)c2c1ccc1nsnc21.O=S(Cl)Cl. The van der Waals surface area contributed by atoms with E-state index in [9.17, 15) is 19.2 Å². The zero-order chi connectivity index (χ0) is 29.4. The van der Waals surface area contributed by atoms with Crippen molar-refractivity contribution in [2.75, 3.05) is 11.5 Å². The number of nitrogen functional groups attached to an aromatic ring is 2. The first kappa shape index (κ1) is 28.2. The van der Waals surface area contributed by atoms with Crippen LogP contribution in [0, 0.1) is 0 Å². The minimum absolute atomic E-state index is 0.125. The van der Waals surface area contributed by atoms with Gasteiger partial charge in [0.25, 0.3) is 0 Å². The Morgan fingerprint density at radius 1 is 0.585 bits per heavy atom. The molecule has 0 atom stereocenters. The molecule has 4 N–H and O–H groups in total. The number of benzene rings is 4. The normalized spacial score (nSPS) is 12.9. The van der Waals surface area contributed by atoms with Crippen LogP contribution in [0.2, 0.25) is 0 Å². The predicted molar refractivity (Wildman–Crippen MR) is 159 cm³/mol. The summed E-state index contributed by atoms with van der Waals surface area (Å²) in [5.74, 6) is -0.708. The summed E-state index contributed by atoms with van der Waals surface area (Å²) in [5, 5.41) is 0. The van der Waals surface area contributed by atoms with E-state index in [1.165, 1.54) is 0 Å². The number of halogens is 2. The summed E-state index contributed by atoms with van der Waals surface area (Å²) >= 11 is 1.05. The predicted octanol–water partition coefficient (Wildman–Crippen LogP) is 5.14. The molecule has 0 fully saturated rings. The maximum Gasteiger partial charge on any atom is 0.211 e. The highest BCUT2D eigenvalue weighted by Gasteiger charge is 2.32. The van der Waals surface area contributed by atoms with E-state index < -0.39 is 9.23 Å². The van der Waals surface area contributed by atoms with Gasteiger partial charge in [-0.2, -0.15) is 8.75 Å². The van der Waals surface area contributed by atoms with E-state index in [4.69, 9.17) is 15.7 Å². The molecule has 2 aliphatic carbocycles. The maximum atomic E-state index is 12.6. The largest absolute Gasteiger partial charge is 0.397 e. The van der Waals surface area contributed by atoms with Gasteiger partial charge >= 0.3 is 0 Å². The van der Waals surface area contributed by atoms with Crippen LogP contribution in [0.15, 0.2) is 72.8 Å². The number of carbonyl (C=O) groups is 4. The van der Waals surface area contributed by atoms with E-state index in [1.807, 2.05) is 0 Å². The Morgan fingerprint density at radius 3 is 1.56 bits per heavy atom. The van der Waals surface area contributed by atoms with Crippen LogP contribution in [0.3, 0.4) is 0 Å². The molecule has 1 aromatic heterocycles. The number of hydrogen-bond acceptors (Lipinski definition) is 10. The fourth-order valence-electron chi connectivity index (χ4n) is 4.66. The molecule has 4 aromatic carbocycles. The molecule has 0 aliphatic heterocycles. The van der Waals surface area contributed by atoms with Crippen molar-refractivity contribution in [3.05, 3.63) is 117 Å². The number of ketones is 4. The van der Waals surface area contributed by atoms with Gasteiger partial charge in [-0.15, -0.1) is 0 Å². The molecule has 13 heteroatoms. The molecule has 2 aliphatic rings. The molecule has 0 saturated heterocycles. The summed E-state index contributed by atoms with van der Waals surface area (Å²) in [4.78, 5) is 49.6. The zero-order valence-electron chi connectivity index (χ0n) is 20.6. The van der Waals surface area contributed by atoms with Crippen LogP contribution in [0.1, 0.15) is 63.7 Å². The first-order valence-electron chi connectivity index (χ1n) is 11.7. The summed E-state index contributed by atoms with van der Waals surface area (Å²) in [6.07, 6.45) is 0. The van der Waals surface area contributed by atoms with Gasteiger partial charge in [-0.05, 0) is 24.3 Å². The van der Waals surface area contributed by atoms with Gasteiger partial charge in [-0.3, -0.25) is 19.2 Å². The lowest BCUT2D eigenvalue weighted by molar-refractivity contribution is 0.0980. The molecule has 41 heavy (non-hydrogen) atoms. The van der Waals surface area contributed by atoms with Crippen molar-refractivity contribution in [1.82, 2.24) is 8.75 Å². The Balaban J connectivity index is 0.000000146. The Bertz CT molecular complexity index is 1950. The van der Waals surface area contributed by atoms with E-state index in [-0.39, 0.29) is 34.4 Å². The van der Waals surface area contributed by atoms with Gasteiger partial charge in [0.2, 0.25) is 9.23 Å². The van der Waals surface area contributed by atoms with Crippen LogP contribution in [-0.4, -0.2) is 36.1 Å². The van der Waals surface area contributed by atoms with E-state index in [1.54, 1.807) is 72.8 Å². The van der Waals surface area contributed by atoms with Crippen molar-refractivity contribution in [2.45, 2.75) is 0 Å². The fraction of sp³-hybridized carbons (Fsp3) is 0. The minimum atomic E-state index is -1.67. The summed E-state index contributed by atoms with van der Waals surface area (Å²) in [6, 6.07) is 20.1. The number of anilines is 2. The third kappa shape index (κ3) is 5.04. The Labute approximate surface area is 247 Å². The minimum Gasteiger partial charge on any atom is -0.397 e. The molecule has 0 amide bonds. The van der Waals surface area contributed by atoms with E-state index in [0.717, 1.165) is 11.7 Å². The topological polar surface area (TPSA) is 163 Å². The molecule has 1 heterocycles. The Morgan fingerprint density at radius 2 is 1.02 bits per heavy atom. The lowest BCUT2D eigenvalue weighted by Gasteiger charge is -2.19. The average molecular weight is 623 g/mol. The molecule has 5 aromatic rings. The van der Waals surface area contributed by atoms with Crippen molar-refractivity contribution in [2.24, 2.45) is 0 Å². The van der Waals surface area contributed by atoms with E-state index in [0.29, 0.717) is 55.7 Å². The van der Waals surface area contributed by atoms with Crippen molar-refractivity contribution in [3.8, 4) is 0 Å². The average Bonchev–Trinajstić information content (AvgIpc) is 3.45. The molecule has 0 bridgehead atoms. The van der Waals surface area contributed by atoms with Crippen molar-refractivity contribution >= 4 is 87.9 Å². The highest BCUT2D eigenvalue weighted by atomic mass is 36.0. The molecular formula is C28H16Cl2N4O5S2. The van der Waals surface area contributed by atoms with Crippen LogP contribution >= 0.6 is 33.1 Å². The molecular weight excluding hydrogens is 607 g/mol. The van der Waals surface area contributed by atoms with Crippen LogP contribution in [0.4, 0.5) is 11.4 Å². The van der Waals surface area contributed by atoms with Gasteiger partial charge in [0.1, 0.15) is 11.0 Å². The van der Waals surface area contributed by atoms with Crippen LogP contribution in [0.5, 0.6) is 0 Å². The quantitative estimate of drug-likeness (QED) is 0.172. The molecule has 0 unspecified atom stereocenters. The van der Waals surface area contributed by atoms with E-state index >= 15 is 0 Å². The summed E-state index contributed by atoms with van der Waals surface area (Å²) in [7, 11) is 7.36. The van der Waals surface area contributed by atoms with Gasteiger partial charge in [-0.25, -0.2) is 4.21 Å². The van der Waals surface area contributed by atoms with Crippen molar-refractivity contribution in [3.63, 3.8) is 0 Å². The fourth-order valence-corrected chi connectivity index (χ4v) is 5.20. The summed E-state index contributed by atoms with van der Waals surface area (Å²) in [6.45, 7) is 0. The lowest BCUT2D eigenvalue weighted by Crippen LogP contribution is -2.22. The van der Waals surface area contributed by atoms with Crippen LogP contribution in [-0.2, 0) is 9.23 Å². The zero-order valence-corrected chi connectivity index (χ0v) is 23.7. The first-order valence-corrected chi connectivity index (χ1v) is 15.2. The molecule has 7 rings (SSSR count). The second-order valence-corrected chi connectivity index (χ2v) is 11.8. The Hall–Kier alpha value is -4.29. The second kappa shape index (κ2) is 11.3. The van der Waals surface area contributed by atoms with E-state index in [2.05, 4.69) is 30.1 Å². The third-order valence-electron chi connectivity index (χ3n) is 6.48. The van der Waals surface area contributed by atoms with Gasteiger partial charge in [0, 0.05) is 54.7 Å². The highest BCUT2D eigenvalue weighted by molar-refractivity contribution is 8.26. The molecule has 0 saturated carbocycles. The van der Waals surface area contributed by atoms with Gasteiger partial charge in [-0.1, -0.05) is 48.5 Å². The number of rotatable bonds is 0. The van der Waals surface area contributed by atoms with Crippen molar-refractivity contribution < 1.29 is 23.4 Å². The number of fused-ring (bicyclic) bond motifs is 6. The number of hydrogen-bond donors (Lipinski definition) is 2. The van der Waals surface area contributed by atoms with Gasteiger partial charge < -0.3 is 11.5 Å². The number of carbonyl (C=O) groups excluding carboxylic acids is 4. The molecule has 9 nitrogen and oxygen atoms in total. The standard InChI is InChI=1S/C14H6N2O2S.C14H10N2O2.Cl2OS/c17-13-7-3-1-2-4-8(7)14(18)11-9(13)5-6-10-12(11)16-19-15-10;15-10-6-5-9-11(12(10)16)14(18)8-4-2-1-3-7(8)13(9)17;1-4(2)3/h1-6H;1-6H,15-16H2;. The molecule has 0 spiro atoms. The third-order valence-corrected chi connectivity index (χ3v) is 7.03. The first-order chi connectivity index (χ1) is 19.6. The monoisotopic (exact) mass is 622 g/mol. The summed E-state index contributed by atoms with van der Waals surface area (Å²) in [5.41, 5.74) is 16.2. The number of nitrogens with zero attached hydrogens (tertiary/aromatic N) is 2. The molecule has 204 valence electrons. The smallest absolute Gasteiger partial charge is 0.211 e. The highest BCUT2D eigenvalue weighted by Crippen LogP contribution is 2.34. The second-order valence-electron chi connectivity index (χ2n) is 8.70. The number of nitrogens with two attached hydrogens (primary N) is 2. The van der Waals surface area contributed by atoms with Crippen molar-refractivity contribution in [1.29, 1.82) is 0 Å². The van der Waals surface area contributed by atoms with Crippen LogP contribution in [0.25, 0.3) is 11.0 Å². The van der Waals surface area contributed by atoms with Gasteiger partial charge in [0.15, 0.2) is 23.1 Å². The summed E-state index contributed by atoms with van der Waals surface area (Å²) < 4.78 is 17.3. The maximum absolute atomic E-state index is 12.6. The van der Waals surface area contributed by atoms with Gasteiger partial charge in [0.05, 0.1) is 34.2 Å². The lowest BCUT2D eigenvalue weighted by atomic mass is 9.83. The molecule has 0 radical (unpaired) electrons. The Kier molecular flexibility index (Phi) is 7.78. The van der Waals surface area contributed by atoms with Crippen LogP contribution < -0.4 is 11.5 Å². The number of aromatic nitrogens is 2.